The number of rotatable bonds is 3. The smallest absolute Gasteiger partial charge is 0.107 e. The second-order valence-electron chi connectivity index (χ2n) is 6.18. The second kappa shape index (κ2) is 5.87. The number of piperazine rings is 1. The predicted molar refractivity (Wildman–Crippen MR) is 88.5 cm³/mol. The van der Waals surface area contributed by atoms with Crippen LogP contribution in [-0.4, -0.2) is 29.0 Å². The van der Waals surface area contributed by atoms with Crippen molar-refractivity contribution in [1.82, 2.24) is 15.2 Å². The highest BCUT2D eigenvalue weighted by Crippen LogP contribution is 2.32. The van der Waals surface area contributed by atoms with Crippen LogP contribution in [0.1, 0.15) is 30.1 Å². The molecule has 0 radical (unpaired) electrons. The monoisotopic (exact) mass is 301 g/mol. The maximum atomic E-state index is 4.65. The normalized spacial score (nSPS) is 26.9. The van der Waals surface area contributed by atoms with Crippen molar-refractivity contribution in [2.45, 2.75) is 38.9 Å². The van der Waals surface area contributed by atoms with Gasteiger partial charge in [0, 0.05) is 30.2 Å². The SMILES string of the molecule is Cc1csc(CN2CC(C)NCC2(C)c2ccccc2)n1. The van der Waals surface area contributed by atoms with Crippen LogP contribution in [0, 0.1) is 6.92 Å². The van der Waals surface area contributed by atoms with Gasteiger partial charge < -0.3 is 5.32 Å². The van der Waals surface area contributed by atoms with Crippen LogP contribution < -0.4 is 5.32 Å². The van der Waals surface area contributed by atoms with Gasteiger partial charge in [-0.2, -0.15) is 0 Å². The zero-order valence-electron chi connectivity index (χ0n) is 13.0. The first-order valence-corrected chi connectivity index (χ1v) is 8.41. The standard InChI is InChI=1S/C17H23N3S/c1-13-9-20(10-16-19-14(2)11-21-16)17(3,12-18-13)15-7-5-4-6-8-15/h4-8,11,13,18H,9-10,12H2,1-3H3. The molecule has 1 aliphatic heterocycles. The van der Waals surface area contributed by atoms with Crippen LogP contribution in [0.25, 0.3) is 0 Å². The van der Waals surface area contributed by atoms with Crippen molar-refractivity contribution in [3.05, 3.63) is 52.0 Å². The van der Waals surface area contributed by atoms with E-state index in [1.165, 1.54) is 10.6 Å². The Morgan fingerprint density at radius 1 is 1.38 bits per heavy atom. The first-order chi connectivity index (χ1) is 10.1. The van der Waals surface area contributed by atoms with Crippen LogP contribution in [0.4, 0.5) is 0 Å². The molecule has 3 rings (SSSR count). The maximum Gasteiger partial charge on any atom is 0.107 e. The van der Waals surface area contributed by atoms with Gasteiger partial charge >= 0.3 is 0 Å². The van der Waals surface area contributed by atoms with Crippen molar-refractivity contribution in [3.8, 4) is 0 Å². The summed E-state index contributed by atoms with van der Waals surface area (Å²) in [5.41, 5.74) is 2.52. The van der Waals surface area contributed by atoms with E-state index in [1.54, 1.807) is 11.3 Å². The third-order valence-electron chi connectivity index (χ3n) is 4.38. The van der Waals surface area contributed by atoms with Crippen molar-refractivity contribution in [3.63, 3.8) is 0 Å². The molecule has 1 N–H and O–H groups in total. The number of aromatic nitrogens is 1. The van der Waals surface area contributed by atoms with Gasteiger partial charge in [0.1, 0.15) is 5.01 Å². The zero-order valence-corrected chi connectivity index (χ0v) is 13.8. The van der Waals surface area contributed by atoms with Crippen molar-refractivity contribution >= 4 is 11.3 Å². The Morgan fingerprint density at radius 2 is 2.14 bits per heavy atom. The number of hydrogen-bond acceptors (Lipinski definition) is 4. The number of nitrogens with zero attached hydrogens (tertiary/aromatic N) is 2. The molecule has 0 amide bonds. The molecular weight excluding hydrogens is 278 g/mol. The Hall–Kier alpha value is -1.23. The molecule has 2 aromatic rings. The Balaban J connectivity index is 1.89. The molecule has 0 spiro atoms. The van der Waals surface area contributed by atoms with Gasteiger partial charge in [0.05, 0.1) is 12.1 Å². The summed E-state index contributed by atoms with van der Waals surface area (Å²) in [5, 5.41) is 6.98. The van der Waals surface area contributed by atoms with Crippen molar-refractivity contribution in [1.29, 1.82) is 0 Å². The van der Waals surface area contributed by atoms with E-state index in [4.69, 9.17) is 0 Å². The van der Waals surface area contributed by atoms with Crippen molar-refractivity contribution < 1.29 is 0 Å². The number of hydrogen-bond donors (Lipinski definition) is 1. The molecule has 1 saturated heterocycles. The molecule has 1 aromatic heterocycles. The summed E-state index contributed by atoms with van der Waals surface area (Å²) >= 11 is 1.77. The number of thiazole rings is 1. The summed E-state index contributed by atoms with van der Waals surface area (Å²) in [6.07, 6.45) is 0. The molecule has 0 saturated carbocycles. The quantitative estimate of drug-likeness (QED) is 0.944. The Bertz CT molecular complexity index is 595. The number of benzene rings is 1. The van der Waals surface area contributed by atoms with Gasteiger partial charge in [-0.1, -0.05) is 30.3 Å². The van der Waals surface area contributed by atoms with Gasteiger partial charge in [-0.05, 0) is 26.3 Å². The summed E-state index contributed by atoms with van der Waals surface area (Å²) in [7, 11) is 0. The van der Waals surface area contributed by atoms with Crippen molar-refractivity contribution in [2.75, 3.05) is 13.1 Å². The van der Waals surface area contributed by atoms with E-state index in [1.807, 2.05) is 0 Å². The molecule has 4 heteroatoms. The highest BCUT2D eigenvalue weighted by atomic mass is 32.1. The van der Waals surface area contributed by atoms with Gasteiger partial charge in [0.15, 0.2) is 0 Å². The molecule has 1 aromatic carbocycles. The molecule has 3 nitrogen and oxygen atoms in total. The number of nitrogens with one attached hydrogen (secondary N) is 1. The average Bonchev–Trinajstić information content (AvgIpc) is 2.89. The topological polar surface area (TPSA) is 28.2 Å². The van der Waals surface area contributed by atoms with E-state index in [2.05, 4.69) is 71.7 Å². The van der Waals surface area contributed by atoms with Crippen LogP contribution >= 0.6 is 11.3 Å². The Kier molecular flexibility index (Phi) is 4.11. The van der Waals surface area contributed by atoms with E-state index >= 15 is 0 Å². The zero-order chi connectivity index (χ0) is 14.9. The van der Waals surface area contributed by atoms with Crippen LogP contribution in [-0.2, 0) is 12.1 Å². The Morgan fingerprint density at radius 3 is 2.81 bits per heavy atom. The van der Waals surface area contributed by atoms with Gasteiger partial charge in [0.2, 0.25) is 0 Å². The molecule has 1 fully saturated rings. The van der Waals surface area contributed by atoms with Gasteiger partial charge in [-0.3, -0.25) is 4.90 Å². The summed E-state index contributed by atoms with van der Waals surface area (Å²) in [5.74, 6) is 0. The van der Waals surface area contributed by atoms with E-state index in [9.17, 15) is 0 Å². The minimum atomic E-state index is 0.0212. The first kappa shape index (κ1) is 14.7. The molecule has 2 atom stereocenters. The summed E-state index contributed by atoms with van der Waals surface area (Å²) in [4.78, 5) is 7.22. The molecule has 0 bridgehead atoms. The lowest BCUT2D eigenvalue weighted by Crippen LogP contribution is -2.60. The highest BCUT2D eigenvalue weighted by molar-refractivity contribution is 7.09. The van der Waals surface area contributed by atoms with Gasteiger partial charge in [-0.15, -0.1) is 11.3 Å². The van der Waals surface area contributed by atoms with Gasteiger partial charge in [-0.25, -0.2) is 4.98 Å². The molecular formula is C17H23N3S. The summed E-state index contributed by atoms with van der Waals surface area (Å²) in [6.45, 7) is 9.60. The van der Waals surface area contributed by atoms with Crippen LogP contribution in [0.3, 0.4) is 0 Å². The fourth-order valence-electron chi connectivity index (χ4n) is 3.04. The molecule has 0 aliphatic carbocycles. The minimum absolute atomic E-state index is 0.0212. The third-order valence-corrected chi connectivity index (χ3v) is 5.33. The summed E-state index contributed by atoms with van der Waals surface area (Å²) < 4.78 is 0. The summed E-state index contributed by atoms with van der Waals surface area (Å²) in [6, 6.07) is 11.3. The lowest BCUT2D eigenvalue weighted by Gasteiger charge is -2.47. The largest absolute Gasteiger partial charge is 0.311 e. The molecule has 1 aliphatic rings. The fraction of sp³-hybridized carbons (Fsp3) is 0.471. The highest BCUT2D eigenvalue weighted by Gasteiger charge is 2.38. The van der Waals surface area contributed by atoms with Crippen molar-refractivity contribution in [2.24, 2.45) is 0 Å². The van der Waals surface area contributed by atoms with Crippen LogP contribution in [0.15, 0.2) is 35.7 Å². The molecule has 2 heterocycles. The third kappa shape index (κ3) is 3.03. The molecule has 21 heavy (non-hydrogen) atoms. The Labute approximate surface area is 131 Å². The minimum Gasteiger partial charge on any atom is -0.311 e. The lowest BCUT2D eigenvalue weighted by atomic mass is 9.87. The molecule has 2 unspecified atom stereocenters. The maximum absolute atomic E-state index is 4.65. The van der Waals surface area contributed by atoms with E-state index in [0.717, 1.165) is 25.3 Å². The second-order valence-corrected chi connectivity index (χ2v) is 7.13. The lowest BCUT2D eigenvalue weighted by molar-refractivity contribution is 0.0457. The first-order valence-electron chi connectivity index (χ1n) is 7.53. The van der Waals surface area contributed by atoms with E-state index < -0.39 is 0 Å². The fourth-order valence-corrected chi connectivity index (χ4v) is 3.83. The predicted octanol–water partition coefficient (Wildman–Crippen LogP) is 3.16. The van der Waals surface area contributed by atoms with Gasteiger partial charge in [0.25, 0.3) is 0 Å². The van der Waals surface area contributed by atoms with Crippen LogP contribution in [0.2, 0.25) is 0 Å². The van der Waals surface area contributed by atoms with E-state index in [0.29, 0.717) is 6.04 Å². The van der Waals surface area contributed by atoms with E-state index in [-0.39, 0.29) is 5.54 Å². The molecule has 112 valence electrons. The van der Waals surface area contributed by atoms with Crippen LogP contribution in [0.5, 0.6) is 0 Å². The number of aryl methyl sites for hydroxylation is 1. The average molecular weight is 301 g/mol.